The van der Waals surface area contributed by atoms with Gasteiger partial charge in [-0.15, -0.1) is 0 Å². The van der Waals surface area contributed by atoms with Gasteiger partial charge in [-0.25, -0.2) is 0 Å². The smallest absolute Gasteiger partial charge is 0.270 e. The van der Waals surface area contributed by atoms with Crippen LogP contribution in [0.1, 0.15) is 19.4 Å². The fourth-order valence-corrected chi connectivity index (χ4v) is 1.61. The Kier molecular flexibility index (Phi) is 5.04. The number of nitro benzene ring substituents is 1. The molecular weight excluding hydrogens is 262 g/mol. The van der Waals surface area contributed by atoms with Crippen LogP contribution < -0.4 is 15.8 Å². The molecule has 0 fully saturated rings. The third-order valence-corrected chi connectivity index (χ3v) is 3.02. The van der Waals surface area contributed by atoms with E-state index in [0.717, 1.165) is 0 Å². The number of non-ortho nitro benzene ring substituents is 1. The van der Waals surface area contributed by atoms with Crippen LogP contribution in [0.5, 0.6) is 5.75 Å². The quantitative estimate of drug-likeness (QED) is 0.577. The lowest BCUT2D eigenvalue weighted by atomic mass is 9.93. The van der Waals surface area contributed by atoms with Crippen LogP contribution in [0.4, 0.5) is 5.69 Å². The number of nitrogens with two attached hydrogens (primary N) is 1. The second-order valence-electron chi connectivity index (χ2n) is 5.10. The molecule has 1 rings (SSSR count). The van der Waals surface area contributed by atoms with Gasteiger partial charge >= 0.3 is 0 Å². The Morgan fingerprint density at radius 1 is 1.50 bits per heavy atom. The molecule has 7 heteroatoms. The zero-order valence-corrected chi connectivity index (χ0v) is 11.8. The lowest BCUT2D eigenvalue weighted by molar-refractivity contribution is -0.384. The van der Waals surface area contributed by atoms with Crippen LogP contribution in [0.3, 0.4) is 0 Å². The minimum Gasteiger partial charge on any atom is -0.496 e. The molecular formula is C13H19N3O4. The monoisotopic (exact) mass is 281 g/mol. The van der Waals surface area contributed by atoms with E-state index in [2.05, 4.69) is 5.32 Å². The summed E-state index contributed by atoms with van der Waals surface area (Å²) in [5.74, 6) is 0.149. The van der Waals surface area contributed by atoms with E-state index in [4.69, 9.17) is 10.5 Å². The van der Waals surface area contributed by atoms with Gasteiger partial charge in [-0.2, -0.15) is 0 Å². The van der Waals surface area contributed by atoms with Crippen molar-refractivity contribution in [3.63, 3.8) is 0 Å². The highest BCUT2D eigenvalue weighted by molar-refractivity contribution is 5.80. The van der Waals surface area contributed by atoms with Gasteiger partial charge in [0.15, 0.2) is 0 Å². The van der Waals surface area contributed by atoms with Crippen LogP contribution >= 0.6 is 0 Å². The lowest BCUT2D eigenvalue weighted by Gasteiger charge is -2.21. The summed E-state index contributed by atoms with van der Waals surface area (Å²) >= 11 is 0. The number of rotatable bonds is 7. The van der Waals surface area contributed by atoms with Crippen molar-refractivity contribution in [1.29, 1.82) is 0 Å². The van der Waals surface area contributed by atoms with Gasteiger partial charge in [0, 0.05) is 30.8 Å². The second-order valence-corrected chi connectivity index (χ2v) is 5.10. The summed E-state index contributed by atoms with van der Waals surface area (Å²) in [4.78, 5) is 21.5. The van der Waals surface area contributed by atoms with E-state index >= 15 is 0 Å². The molecule has 0 radical (unpaired) electrons. The van der Waals surface area contributed by atoms with Crippen molar-refractivity contribution in [2.45, 2.75) is 20.4 Å². The van der Waals surface area contributed by atoms with Crippen LogP contribution in [-0.2, 0) is 11.3 Å². The SMILES string of the molecule is COc1ccc([N+](=O)[O-])cc1CNCC(C)(C)C(N)=O. The number of benzene rings is 1. The number of ether oxygens (including phenoxy) is 1. The summed E-state index contributed by atoms with van der Waals surface area (Å²) in [6, 6.07) is 4.38. The molecule has 0 atom stereocenters. The molecule has 7 nitrogen and oxygen atoms in total. The summed E-state index contributed by atoms with van der Waals surface area (Å²) in [6.45, 7) is 4.18. The third-order valence-electron chi connectivity index (χ3n) is 3.02. The minimum atomic E-state index is -0.687. The van der Waals surface area contributed by atoms with E-state index < -0.39 is 16.2 Å². The molecule has 1 amide bonds. The molecule has 0 aromatic heterocycles. The zero-order valence-electron chi connectivity index (χ0n) is 11.8. The first kappa shape index (κ1) is 15.9. The number of nitrogens with zero attached hydrogens (tertiary/aromatic N) is 1. The summed E-state index contributed by atoms with van der Waals surface area (Å²) in [6.07, 6.45) is 0. The maximum Gasteiger partial charge on any atom is 0.270 e. The van der Waals surface area contributed by atoms with Gasteiger partial charge in [-0.05, 0) is 19.9 Å². The number of carbonyl (C=O) groups is 1. The van der Waals surface area contributed by atoms with Crippen molar-refractivity contribution in [3.8, 4) is 5.75 Å². The van der Waals surface area contributed by atoms with Gasteiger partial charge in [-0.3, -0.25) is 14.9 Å². The van der Waals surface area contributed by atoms with Crippen LogP contribution in [0, 0.1) is 15.5 Å². The topological polar surface area (TPSA) is 107 Å². The summed E-state index contributed by atoms with van der Waals surface area (Å²) in [5, 5.41) is 13.8. The molecule has 0 aliphatic rings. The minimum absolute atomic E-state index is 0.00300. The molecule has 20 heavy (non-hydrogen) atoms. The first-order valence-electron chi connectivity index (χ1n) is 6.10. The summed E-state index contributed by atoms with van der Waals surface area (Å²) < 4.78 is 5.16. The number of methoxy groups -OCH3 is 1. The van der Waals surface area contributed by atoms with Gasteiger partial charge in [0.25, 0.3) is 5.69 Å². The average Bonchev–Trinajstić information content (AvgIpc) is 2.38. The van der Waals surface area contributed by atoms with E-state index in [-0.39, 0.29) is 5.69 Å². The van der Waals surface area contributed by atoms with Gasteiger partial charge < -0.3 is 15.8 Å². The summed E-state index contributed by atoms with van der Waals surface area (Å²) in [5.41, 5.74) is 5.24. The number of primary amides is 1. The molecule has 1 aromatic carbocycles. The normalized spacial score (nSPS) is 11.2. The third kappa shape index (κ3) is 3.92. The standard InChI is InChI=1S/C13H19N3O4/c1-13(2,12(14)17)8-15-7-9-6-10(16(18)19)4-5-11(9)20-3/h4-6,15H,7-8H2,1-3H3,(H2,14,17). The predicted octanol–water partition coefficient (Wildman–Crippen LogP) is 1.20. The van der Waals surface area contributed by atoms with E-state index in [1.54, 1.807) is 19.9 Å². The van der Waals surface area contributed by atoms with Crippen LogP contribution in [-0.4, -0.2) is 24.5 Å². The Morgan fingerprint density at radius 2 is 2.15 bits per heavy atom. The highest BCUT2D eigenvalue weighted by Crippen LogP contribution is 2.24. The number of nitrogens with one attached hydrogen (secondary N) is 1. The molecule has 1 aromatic rings. The Hall–Kier alpha value is -2.15. The molecule has 0 unspecified atom stereocenters. The van der Waals surface area contributed by atoms with Crippen molar-refractivity contribution in [3.05, 3.63) is 33.9 Å². The first-order chi connectivity index (χ1) is 9.27. The molecule has 0 aliphatic heterocycles. The largest absolute Gasteiger partial charge is 0.496 e. The van der Waals surface area contributed by atoms with E-state index in [1.165, 1.54) is 19.2 Å². The van der Waals surface area contributed by atoms with Gasteiger partial charge in [-0.1, -0.05) is 0 Å². The number of amides is 1. The van der Waals surface area contributed by atoms with Crippen molar-refractivity contribution in [1.82, 2.24) is 5.32 Å². The van der Waals surface area contributed by atoms with E-state index in [9.17, 15) is 14.9 Å². The molecule has 3 N–H and O–H groups in total. The fraction of sp³-hybridized carbons (Fsp3) is 0.462. The fourth-order valence-electron chi connectivity index (χ4n) is 1.61. The van der Waals surface area contributed by atoms with Gasteiger partial charge in [0.2, 0.25) is 5.91 Å². The molecule has 0 heterocycles. The van der Waals surface area contributed by atoms with Crippen molar-refractivity contribution in [2.75, 3.05) is 13.7 Å². The van der Waals surface area contributed by atoms with Crippen molar-refractivity contribution in [2.24, 2.45) is 11.1 Å². The van der Waals surface area contributed by atoms with Crippen LogP contribution in [0.25, 0.3) is 0 Å². The van der Waals surface area contributed by atoms with Gasteiger partial charge in [0.05, 0.1) is 17.4 Å². The van der Waals surface area contributed by atoms with E-state index in [1.807, 2.05) is 0 Å². The van der Waals surface area contributed by atoms with Crippen molar-refractivity contribution < 1.29 is 14.5 Å². The van der Waals surface area contributed by atoms with E-state index in [0.29, 0.717) is 24.4 Å². The Balaban J connectivity index is 2.78. The maximum atomic E-state index is 11.2. The highest BCUT2D eigenvalue weighted by atomic mass is 16.6. The number of hydrogen-bond donors (Lipinski definition) is 2. The Bertz CT molecular complexity index is 514. The molecule has 0 bridgehead atoms. The number of nitro groups is 1. The van der Waals surface area contributed by atoms with Crippen molar-refractivity contribution >= 4 is 11.6 Å². The number of carbonyl (C=O) groups excluding carboxylic acids is 1. The zero-order chi connectivity index (χ0) is 15.3. The molecule has 0 spiro atoms. The first-order valence-corrected chi connectivity index (χ1v) is 6.10. The molecule has 0 saturated carbocycles. The Morgan fingerprint density at radius 3 is 2.65 bits per heavy atom. The number of hydrogen-bond acceptors (Lipinski definition) is 5. The highest BCUT2D eigenvalue weighted by Gasteiger charge is 2.24. The molecule has 110 valence electrons. The van der Waals surface area contributed by atoms with Gasteiger partial charge in [0.1, 0.15) is 5.75 Å². The lowest BCUT2D eigenvalue weighted by Crippen LogP contribution is -2.40. The van der Waals surface area contributed by atoms with Crippen LogP contribution in [0.15, 0.2) is 18.2 Å². The second kappa shape index (κ2) is 6.33. The molecule has 0 aliphatic carbocycles. The predicted molar refractivity (Wildman–Crippen MR) is 74.3 cm³/mol. The maximum absolute atomic E-state index is 11.2. The Labute approximate surface area is 117 Å². The average molecular weight is 281 g/mol. The summed E-state index contributed by atoms with van der Waals surface area (Å²) in [7, 11) is 1.50. The van der Waals surface area contributed by atoms with Crippen LogP contribution in [0.2, 0.25) is 0 Å². The molecule has 0 saturated heterocycles.